The molecule has 1 amide bonds. The molecule has 0 spiro atoms. The fourth-order valence-electron chi connectivity index (χ4n) is 2.86. The third-order valence-electron chi connectivity index (χ3n) is 4.23. The fraction of sp³-hybridized carbons (Fsp3) is 0.556. The van der Waals surface area contributed by atoms with Gasteiger partial charge in [0.1, 0.15) is 5.75 Å². The summed E-state index contributed by atoms with van der Waals surface area (Å²) in [7, 11) is 0. The zero-order valence-corrected chi connectivity index (χ0v) is 14.6. The molecule has 1 fully saturated rings. The molecule has 1 aromatic carbocycles. The van der Waals surface area contributed by atoms with E-state index in [-0.39, 0.29) is 18.6 Å². The van der Waals surface area contributed by atoms with Crippen LogP contribution in [0.15, 0.2) is 29.3 Å². The quantitative estimate of drug-likeness (QED) is 0.680. The summed E-state index contributed by atoms with van der Waals surface area (Å²) in [4.78, 5) is 16.3. The molecule has 1 saturated heterocycles. The average molecular weight is 346 g/mol. The van der Waals surface area contributed by atoms with Crippen molar-refractivity contribution in [2.45, 2.75) is 38.5 Å². The van der Waals surface area contributed by atoms with E-state index in [1.807, 2.05) is 24.3 Å². The molecule has 3 N–H and O–H groups in total. The molecule has 1 aromatic rings. The van der Waals surface area contributed by atoms with Crippen LogP contribution in [0.4, 0.5) is 0 Å². The van der Waals surface area contributed by atoms with E-state index in [1.165, 1.54) is 0 Å². The van der Waals surface area contributed by atoms with Crippen molar-refractivity contribution >= 4 is 11.9 Å². The van der Waals surface area contributed by atoms with Crippen molar-refractivity contribution in [1.29, 1.82) is 0 Å². The summed E-state index contributed by atoms with van der Waals surface area (Å²) in [5, 5.41) is 9.38. The molecule has 2 atom stereocenters. The van der Waals surface area contributed by atoms with Crippen LogP contribution in [-0.4, -0.2) is 50.3 Å². The Kier molecular flexibility index (Phi) is 6.11. The van der Waals surface area contributed by atoms with Crippen molar-refractivity contribution in [1.82, 2.24) is 16.0 Å². The second-order valence-corrected chi connectivity index (χ2v) is 6.42. The van der Waals surface area contributed by atoms with Crippen molar-refractivity contribution in [2.75, 3.05) is 26.3 Å². The molecule has 2 heterocycles. The van der Waals surface area contributed by atoms with Crippen LogP contribution in [-0.2, 0) is 16.1 Å². The van der Waals surface area contributed by atoms with Gasteiger partial charge in [-0.3, -0.25) is 9.79 Å². The first-order valence-electron chi connectivity index (χ1n) is 8.84. The molecule has 25 heavy (non-hydrogen) atoms. The molecule has 0 bridgehead atoms. The van der Waals surface area contributed by atoms with E-state index >= 15 is 0 Å². The van der Waals surface area contributed by atoms with Gasteiger partial charge in [0, 0.05) is 31.3 Å². The summed E-state index contributed by atoms with van der Waals surface area (Å²) >= 11 is 0. The zero-order valence-electron chi connectivity index (χ0n) is 14.6. The van der Waals surface area contributed by atoms with Crippen LogP contribution in [0.3, 0.4) is 0 Å². The van der Waals surface area contributed by atoms with Crippen molar-refractivity contribution in [3.63, 3.8) is 0 Å². The van der Waals surface area contributed by atoms with E-state index in [0.717, 1.165) is 37.5 Å². The summed E-state index contributed by atoms with van der Waals surface area (Å²) in [5.41, 5.74) is 0.985. The number of para-hydroxylation sites is 1. The molecule has 0 radical (unpaired) electrons. The van der Waals surface area contributed by atoms with Crippen LogP contribution in [0.25, 0.3) is 0 Å². The van der Waals surface area contributed by atoms with Gasteiger partial charge in [-0.25, -0.2) is 0 Å². The van der Waals surface area contributed by atoms with E-state index in [1.54, 1.807) is 0 Å². The molecule has 7 nitrogen and oxygen atoms in total. The molecule has 0 aliphatic carbocycles. The number of ether oxygens (including phenoxy) is 2. The Bertz CT molecular complexity index is 614. The highest BCUT2D eigenvalue weighted by molar-refractivity contribution is 5.81. The number of carbonyl (C=O) groups excluding carboxylic acids is 1. The fourth-order valence-corrected chi connectivity index (χ4v) is 2.86. The van der Waals surface area contributed by atoms with Gasteiger partial charge in [0.15, 0.2) is 12.6 Å². The van der Waals surface area contributed by atoms with Crippen molar-refractivity contribution in [3.8, 4) is 5.75 Å². The van der Waals surface area contributed by atoms with Gasteiger partial charge in [0.05, 0.1) is 12.6 Å². The minimum Gasteiger partial charge on any atom is -0.483 e. The van der Waals surface area contributed by atoms with E-state index in [0.29, 0.717) is 24.9 Å². The van der Waals surface area contributed by atoms with Gasteiger partial charge < -0.3 is 25.4 Å². The van der Waals surface area contributed by atoms with Crippen LogP contribution < -0.4 is 20.7 Å². The van der Waals surface area contributed by atoms with Gasteiger partial charge in [-0.2, -0.15) is 0 Å². The number of benzene rings is 1. The molecule has 3 rings (SSSR count). The molecular weight excluding hydrogens is 320 g/mol. The van der Waals surface area contributed by atoms with Crippen LogP contribution >= 0.6 is 0 Å². The summed E-state index contributed by atoms with van der Waals surface area (Å²) in [6.07, 6.45) is 2.21. The Morgan fingerprint density at radius 1 is 1.44 bits per heavy atom. The van der Waals surface area contributed by atoms with Gasteiger partial charge in [0.25, 0.3) is 5.91 Å². The Morgan fingerprint density at radius 3 is 3.08 bits per heavy atom. The summed E-state index contributed by atoms with van der Waals surface area (Å²) in [5.74, 6) is 1.37. The Balaban J connectivity index is 1.44. The largest absolute Gasteiger partial charge is 0.483 e. The van der Waals surface area contributed by atoms with E-state index in [4.69, 9.17) is 9.47 Å². The predicted molar refractivity (Wildman–Crippen MR) is 95.7 cm³/mol. The highest BCUT2D eigenvalue weighted by atomic mass is 16.5. The number of rotatable bonds is 7. The molecule has 0 saturated carbocycles. The summed E-state index contributed by atoms with van der Waals surface area (Å²) in [6, 6.07) is 8.06. The summed E-state index contributed by atoms with van der Waals surface area (Å²) in [6.45, 7) is 4.80. The van der Waals surface area contributed by atoms with E-state index in [2.05, 4.69) is 27.9 Å². The lowest BCUT2D eigenvalue weighted by molar-refractivity contribution is -0.123. The topological polar surface area (TPSA) is 84.0 Å². The second kappa shape index (κ2) is 8.71. The smallest absolute Gasteiger partial charge is 0.258 e. The lowest BCUT2D eigenvalue weighted by atomic mass is 10.2. The molecule has 2 aliphatic heterocycles. The van der Waals surface area contributed by atoms with Gasteiger partial charge in [-0.15, -0.1) is 0 Å². The maximum absolute atomic E-state index is 12.0. The van der Waals surface area contributed by atoms with Gasteiger partial charge in [0.2, 0.25) is 0 Å². The molecule has 7 heteroatoms. The van der Waals surface area contributed by atoms with E-state index in [9.17, 15) is 4.79 Å². The molecule has 0 aromatic heterocycles. The average Bonchev–Trinajstić information content (AvgIpc) is 3.28. The third-order valence-corrected chi connectivity index (χ3v) is 4.23. The van der Waals surface area contributed by atoms with Gasteiger partial charge in [-0.1, -0.05) is 18.2 Å². The highest BCUT2D eigenvalue weighted by Crippen LogP contribution is 2.17. The number of guanidine groups is 1. The number of hydrogen-bond acceptors (Lipinski definition) is 6. The number of aliphatic imine (C=N–C) groups is 1. The van der Waals surface area contributed by atoms with Crippen LogP contribution in [0.5, 0.6) is 5.75 Å². The van der Waals surface area contributed by atoms with Crippen molar-refractivity contribution < 1.29 is 14.3 Å². The lowest BCUT2D eigenvalue weighted by Gasteiger charge is -2.14. The SMILES string of the molecule is CC1CN=C(NCc2ccccc2OCC(=O)NCC2CCCO2)N1. The monoisotopic (exact) mass is 346 g/mol. The first-order chi connectivity index (χ1) is 12.2. The lowest BCUT2D eigenvalue weighted by Crippen LogP contribution is -2.37. The first kappa shape index (κ1) is 17.5. The van der Waals surface area contributed by atoms with Gasteiger partial charge >= 0.3 is 0 Å². The minimum atomic E-state index is -0.131. The minimum absolute atomic E-state index is 0.0000359. The number of nitrogens with one attached hydrogen (secondary N) is 3. The zero-order chi connectivity index (χ0) is 17.5. The second-order valence-electron chi connectivity index (χ2n) is 6.42. The number of hydrogen-bond donors (Lipinski definition) is 3. The molecule has 136 valence electrons. The Morgan fingerprint density at radius 2 is 2.32 bits per heavy atom. The number of nitrogens with zero attached hydrogens (tertiary/aromatic N) is 1. The van der Waals surface area contributed by atoms with Crippen LogP contribution in [0.1, 0.15) is 25.3 Å². The van der Waals surface area contributed by atoms with Crippen LogP contribution in [0, 0.1) is 0 Å². The van der Waals surface area contributed by atoms with Crippen LogP contribution in [0.2, 0.25) is 0 Å². The maximum Gasteiger partial charge on any atom is 0.258 e. The Labute approximate surface area is 148 Å². The third kappa shape index (κ3) is 5.35. The van der Waals surface area contributed by atoms with Crippen molar-refractivity contribution in [2.24, 2.45) is 4.99 Å². The normalized spacial score (nSPS) is 22.2. The van der Waals surface area contributed by atoms with Crippen molar-refractivity contribution in [3.05, 3.63) is 29.8 Å². The number of amides is 1. The first-order valence-corrected chi connectivity index (χ1v) is 8.84. The standard InChI is InChI=1S/C18H26N4O3/c1-13-9-20-18(22-13)21-10-14-5-2-3-7-16(14)25-12-17(23)19-11-15-6-4-8-24-15/h2-3,5,7,13,15H,4,6,8-12H2,1H3,(H,19,23)(H2,20,21,22). The highest BCUT2D eigenvalue weighted by Gasteiger charge is 2.16. The van der Waals surface area contributed by atoms with E-state index < -0.39 is 0 Å². The Hall–Kier alpha value is -2.28. The van der Waals surface area contributed by atoms with Gasteiger partial charge in [-0.05, 0) is 25.8 Å². The molecule has 2 aliphatic rings. The molecule has 2 unspecified atom stereocenters. The maximum atomic E-state index is 12.0. The predicted octanol–water partition coefficient (Wildman–Crippen LogP) is 0.798. The summed E-state index contributed by atoms with van der Waals surface area (Å²) < 4.78 is 11.2. The molecular formula is C18H26N4O3. The number of carbonyl (C=O) groups is 1.